The number of aliphatic carboxylic acids is 1. The SMILES string of the molecule is CC(C)(C)OC(=O)CC(C)(C)C(=O)O.CC(C)(C)OC(=O)CC(C)(C)C(N)=O.CCN(CC)CC.CCOC(=O)Cl.N.O. The smallest absolute Gasteiger partial charge is 0.403 e. The average Bonchev–Trinajstić information content (AvgIpc) is 2.72. The minimum atomic E-state index is -1.07. The van der Waals surface area contributed by atoms with Crippen molar-refractivity contribution < 1.29 is 48.8 Å². The maximum Gasteiger partial charge on any atom is 0.403 e. The van der Waals surface area contributed by atoms with Crippen LogP contribution in [0.1, 0.15) is 110 Å². The molecular weight excluding hydrogens is 586 g/mol. The van der Waals surface area contributed by atoms with Crippen molar-refractivity contribution in [3.8, 4) is 0 Å². The summed E-state index contributed by atoms with van der Waals surface area (Å²) in [5.74, 6) is -2.38. The highest BCUT2D eigenvalue weighted by Gasteiger charge is 2.32. The van der Waals surface area contributed by atoms with Gasteiger partial charge in [-0.1, -0.05) is 34.6 Å². The number of nitrogens with zero attached hydrogens (tertiary/aromatic N) is 1. The van der Waals surface area contributed by atoms with Gasteiger partial charge in [-0.25, -0.2) is 4.79 Å². The molecule has 14 heteroatoms. The number of carbonyl (C=O) groups excluding carboxylic acids is 4. The fraction of sp³-hybridized carbons (Fsp3) is 0.828. The van der Waals surface area contributed by atoms with Gasteiger partial charge >= 0.3 is 23.3 Å². The van der Waals surface area contributed by atoms with Gasteiger partial charge in [-0.05, 0) is 81.9 Å². The van der Waals surface area contributed by atoms with E-state index in [1.807, 2.05) is 0 Å². The van der Waals surface area contributed by atoms with Crippen molar-refractivity contribution in [2.45, 2.75) is 121 Å². The molecule has 0 rings (SSSR count). The van der Waals surface area contributed by atoms with Crippen LogP contribution < -0.4 is 11.9 Å². The highest BCUT2D eigenvalue weighted by Crippen LogP contribution is 2.23. The summed E-state index contributed by atoms with van der Waals surface area (Å²) < 4.78 is 14.3. The Kier molecular flexibility index (Phi) is 30.8. The molecule has 0 saturated carbocycles. The molecule has 0 aliphatic rings. The Morgan fingerprint density at radius 2 is 1.00 bits per heavy atom. The van der Waals surface area contributed by atoms with E-state index in [4.69, 9.17) is 31.9 Å². The molecule has 0 aliphatic heterocycles. The third kappa shape index (κ3) is 37.5. The minimum Gasteiger partial charge on any atom is -0.481 e. The second-order valence-corrected chi connectivity index (χ2v) is 12.6. The van der Waals surface area contributed by atoms with Crippen LogP contribution in [0.2, 0.25) is 0 Å². The number of carboxylic acid groups (broad SMARTS) is 1. The summed E-state index contributed by atoms with van der Waals surface area (Å²) in [6, 6.07) is 0. The first-order valence-electron chi connectivity index (χ1n) is 13.7. The van der Waals surface area contributed by atoms with Gasteiger partial charge in [0.15, 0.2) is 0 Å². The largest absolute Gasteiger partial charge is 0.481 e. The van der Waals surface area contributed by atoms with Crippen molar-refractivity contribution >= 4 is 40.8 Å². The average molecular weight is 648 g/mol. The number of rotatable bonds is 10. The summed E-state index contributed by atoms with van der Waals surface area (Å²) in [4.78, 5) is 56.3. The van der Waals surface area contributed by atoms with Crippen LogP contribution >= 0.6 is 11.6 Å². The zero-order chi connectivity index (χ0) is 33.8. The Labute approximate surface area is 264 Å². The van der Waals surface area contributed by atoms with Crippen LogP contribution in [0.4, 0.5) is 4.79 Å². The lowest BCUT2D eigenvalue weighted by atomic mass is 9.89. The maximum atomic E-state index is 11.3. The molecule has 0 heterocycles. The monoisotopic (exact) mass is 647 g/mol. The number of carbonyl (C=O) groups is 5. The second-order valence-electron chi connectivity index (χ2n) is 12.3. The molecule has 8 N–H and O–H groups in total. The topological polar surface area (TPSA) is 229 Å². The molecule has 0 atom stereocenters. The van der Waals surface area contributed by atoms with Crippen LogP contribution in [0, 0.1) is 10.8 Å². The van der Waals surface area contributed by atoms with E-state index < -0.39 is 51.3 Å². The minimum absolute atomic E-state index is 0. The van der Waals surface area contributed by atoms with Gasteiger partial charge in [0, 0.05) is 11.6 Å². The Bertz CT molecular complexity index is 744. The first-order valence-corrected chi connectivity index (χ1v) is 14.1. The van der Waals surface area contributed by atoms with E-state index in [1.165, 1.54) is 33.5 Å². The summed E-state index contributed by atoms with van der Waals surface area (Å²) in [6.07, 6.45) is -0.0980. The van der Waals surface area contributed by atoms with Crippen LogP contribution in [0.15, 0.2) is 0 Å². The number of nitrogens with two attached hydrogens (primary N) is 1. The van der Waals surface area contributed by atoms with Crippen molar-refractivity contribution in [2.75, 3.05) is 26.2 Å². The first kappa shape index (κ1) is 53.1. The summed E-state index contributed by atoms with van der Waals surface area (Å²) in [6.45, 7) is 29.0. The second kappa shape index (κ2) is 24.9. The molecule has 0 aromatic carbocycles. The lowest BCUT2D eigenvalue weighted by molar-refractivity contribution is -0.163. The molecule has 0 fully saturated rings. The number of primary amides is 1. The van der Waals surface area contributed by atoms with E-state index in [9.17, 15) is 24.0 Å². The molecule has 43 heavy (non-hydrogen) atoms. The lowest BCUT2D eigenvalue weighted by Gasteiger charge is -2.24. The van der Waals surface area contributed by atoms with Gasteiger partial charge < -0.3 is 41.6 Å². The molecule has 0 aromatic heterocycles. The molecule has 13 nitrogen and oxygen atoms in total. The van der Waals surface area contributed by atoms with Crippen molar-refractivity contribution in [1.29, 1.82) is 0 Å². The quantitative estimate of drug-likeness (QED) is 0.160. The third-order valence-electron chi connectivity index (χ3n) is 4.86. The molecule has 1 amide bonds. The molecule has 0 unspecified atom stereocenters. The van der Waals surface area contributed by atoms with Gasteiger partial charge in [0.2, 0.25) is 5.91 Å². The summed E-state index contributed by atoms with van der Waals surface area (Å²) in [5, 5.41) is 8.78. The van der Waals surface area contributed by atoms with Crippen LogP contribution in [0.5, 0.6) is 0 Å². The predicted octanol–water partition coefficient (Wildman–Crippen LogP) is 5.13. The molecular formula is C29H62ClN3O10. The highest BCUT2D eigenvalue weighted by atomic mass is 35.5. The van der Waals surface area contributed by atoms with Crippen molar-refractivity contribution in [1.82, 2.24) is 11.1 Å². The number of halogens is 1. The molecule has 0 spiro atoms. The van der Waals surface area contributed by atoms with Crippen molar-refractivity contribution in [3.63, 3.8) is 0 Å². The third-order valence-corrected chi connectivity index (χ3v) is 4.97. The molecule has 0 aliphatic carbocycles. The number of ether oxygens (including phenoxy) is 3. The van der Waals surface area contributed by atoms with Gasteiger partial charge in [0.25, 0.3) is 0 Å². The van der Waals surface area contributed by atoms with Gasteiger partial charge in [-0.15, -0.1) is 0 Å². The Morgan fingerprint density at radius 1 is 0.698 bits per heavy atom. The number of esters is 2. The number of carboxylic acids is 1. The van der Waals surface area contributed by atoms with Gasteiger partial charge in [0.1, 0.15) is 11.2 Å². The standard InChI is InChI=1S/C10H19NO3.C10H18O4.C6H15N.C3H5ClO2.H3N.H2O/c1-9(2,3)14-7(12)6-10(4,5)8(11)13;1-9(2,3)14-7(11)6-10(4,5)8(12)13;1-4-7(5-2)6-3;1-2-6-3(4)5;;/h6H2,1-5H3,(H2,11,13);6H2,1-5H3,(H,12,13);4-6H2,1-3H3;2H2,1H3;1H3;1H2. The molecule has 0 aromatic rings. The van der Waals surface area contributed by atoms with E-state index >= 15 is 0 Å². The fourth-order valence-corrected chi connectivity index (χ4v) is 2.53. The van der Waals surface area contributed by atoms with E-state index in [1.54, 1.807) is 62.3 Å². The number of hydrogen-bond acceptors (Lipinski definition) is 10. The Balaban J connectivity index is -0.000000111. The highest BCUT2D eigenvalue weighted by molar-refractivity contribution is 6.61. The number of hydrogen-bond donors (Lipinski definition) is 3. The summed E-state index contributed by atoms with van der Waals surface area (Å²) >= 11 is 4.72. The summed E-state index contributed by atoms with van der Waals surface area (Å²) in [7, 11) is 0. The van der Waals surface area contributed by atoms with E-state index in [-0.39, 0.29) is 24.5 Å². The maximum absolute atomic E-state index is 11.3. The van der Waals surface area contributed by atoms with E-state index in [0.29, 0.717) is 6.61 Å². The molecule has 0 bridgehead atoms. The fourth-order valence-electron chi connectivity index (χ4n) is 2.42. The van der Waals surface area contributed by atoms with Gasteiger partial charge in [0.05, 0.1) is 30.3 Å². The van der Waals surface area contributed by atoms with Crippen LogP contribution in [-0.4, -0.2) is 82.2 Å². The normalized spacial score (nSPS) is 10.8. The predicted molar refractivity (Wildman–Crippen MR) is 170 cm³/mol. The van der Waals surface area contributed by atoms with Crippen LogP contribution in [0.25, 0.3) is 0 Å². The van der Waals surface area contributed by atoms with Crippen LogP contribution in [-0.2, 0) is 33.4 Å². The number of amides is 1. The van der Waals surface area contributed by atoms with Crippen molar-refractivity contribution in [2.24, 2.45) is 16.6 Å². The Morgan fingerprint density at radius 3 is 1.14 bits per heavy atom. The van der Waals surface area contributed by atoms with Crippen LogP contribution in [0.3, 0.4) is 0 Å². The molecule has 0 saturated heterocycles. The zero-order valence-corrected chi connectivity index (χ0v) is 29.8. The van der Waals surface area contributed by atoms with E-state index in [0.717, 1.165) is 0 Å². The van der Waals surface area contributed by atoms with Gasteiger partial charge in [-0.2, -0.15) is 0 Å². The Hall–Kier alpha value is -2.48. The zero-order valence-electron chi connectivity index (χ0n) is 29.1. The van der Waals surface area contributed by atoms with Crippen molar-refractivity contribution in [3.05, 3.63) is 0 Å². The first-order chi connectivity index (χ1) is 18.2. The molecule has 260 valence electrons. The summed E-state index contributed by atoms with van der Waals surface area (Å²) in [5.41, 5.74) is 1.40. The van der Waals surface area contributed by atoms with Gasteiger partial charge in [-0.3, -0.25) is 19.2 Å². The molecule has 0 radical (unpaired) electrons. The lowest BCUT2D eigenvalue weighted by Crippen LogP contribution is -2.35. The van der Waals surface area contributed by atoms with E-state index in [2.05, 4.69) is 30.4 Å².